The molecule has 5 heteroatoms. The van der Waals surface area contributed by atoms with Gasteiger partial charge in [0, 0.05) is 42.1 Å². The van der Waals surface area contributed by atoms with Gasteiger partial charge in [0.2, 0.25) is 6.79 Å². The highest BCUT2D eigenvalue weighted by atomic mass is 16.7. The molecule has 136 valence electrons. The van der Waals surface area contributed by atoms with Crippen LogP contribution in [-0.4, -0.2) is 36.1 Å². The van der Waals surface area contributed by atoms with Crippen molar-refractivity contribution < 1.29 is 19.3 Å². The Morgan fingerprint density at radius 1 is 0.962 bits per heavy atom. The van der Waals surface area contributed by atoms with Crippen molar-refractivity contribution in [2.24, 2.45) is 5.92 Å². The van der Waals surface area contributed by atoms with Gasteiger partial charge in [-0.15, -0.1) is 0 Å². The number of fused-ring (bicyclic) bond motifs is 2. The van der Waals surface area contributed by atoms with Crippen molar-refractivity contribution in [2.75, 3.05) is 19.9 Å². The number of aromatic hydroxyl groups is 1. The molecule has 0 unspecified atom stereocenters. The summed E-state index contributed by atoms with van der Waals surface area (Å²) in [7, 11) is 0. The van der Waals surface area contributed by atoms with Gasteiger partial charge < -0.3 is 19.3 Å². The molecule has 0 saturated carbocycles. The lowest BCUT2D eigenvalue weighted by Gasteiger charge is -2.42. The SMILES string of the molecule is C[C@H]1[C@H](c2ccccc2O)c2cc3c(cc2O[C@@H]1N1CCCC1)OCO3. The zero-order valence-electron chi connectivity index (χ0n) is 14.9. The standard InChI is InChI=1S/C21H23NO4/c1-13-20(14-6-2-3-7-16(14)23)15-10-18-19(25-12-24-18)11-17(15)26-21(13)22-8-4-5-9-22/h2-3,6-7,10-11,13,20-21,23H,4-5,8-9,12H2,1H3/t13-,20+,21-/m0/s1. The van der Waals surface area contributed by atoms with E-state index in [2.05, 4.69) is 11.8 Å². The quantitative estimate of drug-likeness (QED) is 0.892. The van der Waals surface area contributed by atoms with Crippen molar-refractivity contribution >= 4 is 0 Å². The molecule has 2 aromatic rings. The molecule has 3 aliphatic rings. The number of benzene rings is 2. The molecule has 1 saturated heterocycles. The maximum Gasteiger partial charge on any atom is 0.231 e. The molecule has 1 N–H and O–H groups in total. The van der Waals surface area contributed by atoms with E-state index in [9.17, 15) is 5.11 Å². The van der Waals surface area contributed by atoms with Crippen LogP contribution in [0.5, 0.6) is 23.0 Å². The van der Waals surface area contributed by atoms with Gasteiger partial charge in [0.25, 0.3) is 0 Å². The topological polar surface area (TPSA) is 51.2 Å². The Balaban J connectivity index is 1.65. The number of phenols is 1. The summed E-state index contributed by atoms with van der Waals surface area (Å²) in [4.78, 5) is 2.42. The fourth-order valence-electron chi connectivity index (χ4n) is 4.57. The second-order valence-electron chi connectivity index (χ2n) is 7.39. The summed E-state index contributed by atoms with van der Waals surface area (Å²) < 4.78 is 17.6. The minimum Gasteiger partial charge on any atom is -0.508 e. The van der Waals surface area contributed by atoms with Crippen LogP contribution in [0.4, 0.5) is 0 Å². The van der Waals surface area contributed by atoms with Crippen molar-refractivity contribution in [3.05, 3.63) is 47.5 Å². The van der Waals surface area contributed by atoms with E-state index < -0.39 is 0 Å². The molecule has 0 aromatic heterocycles. The summed E-state index contributed by atoms with van der Waals surface area (Å²) in [5, 5.41) is 10.5. The summed E-state index contributed by atoms with van der Waals surface area (Å²) >= 11 is 0. The maximum absolute atomic E-state index is 10.5. The first-order valence-electron chi connectivity index (χ1n) is 9.34. The summed E-state index contributed by atoms with van der Waals surface area (Å²) in [6, 6.07) is 11.6. The van der Waals surface area contributed by atoms with Gasteiger partial charge in [0.15, 0.2) is 17.7 Å². The number of ether oxygens (including phenoxy) is 3. The van der Waals surface area contributed by atoms with Gasteiger partial charge in [0.1, 0.15) is 11.5 Å². The summed E-state index contributed by atoms with van der Waals surface area (Å²) in [5.74, 6) is 2.89. The summed E-state index contributed by atoms with van der Waals surface area (Å²) in [5.41, 5.74) is 1.99. The smallest absolute Gasteiger partial charge is 0.231 e. The lowest BCUT2D eigenvalue weighted by molar-refractivity contribution is -0.0180. The van der Waals surface area contributed by atoms with Gasteiger partial charge in [-0.1, -0.05) is 25.1 Å². The Morgan fingerprint density at radius 2 is 1.69 bits per heavy atom. The van der Waals surface area contributed by atoms with Crippen LogP contribution in [0, 0.1) is 5.92 Å². The Bertz CT molecular complexity index is 831. The van der Waals surface area contributed by atoms with Gasteiger partial charge in [-0.3, -0.25) is 4.90 Å². The summed E-state index contributed by atoms with van der Waals surface area (Å²) in [6.45, 7) is 4.57. The normalized spacial score (nSPS) is 27.2. The molecular formula is C21H23NO4. The molecule has 26 heavy (non-hydrogen) atoms. The molecule has 2 aromatic carbocycles. The maximum atomic E-state index is 10.5. The van der Waals surface area contributed by atoms with Crippen molar-refractivity contribution in [1.82, 2.24) is 4.90 Å². The molecule has 1 fully saturated rings. The number of likely N-dealkylation sites (tertiary alicyclic amines) is 1. The van der Waals surface area contributed by atoms with Crippen molar-refractivity contribution in [3.8, 4) is 23.0 Å². The average Bonchev–Trinajstić information content (AvgIpc) is 3.32. The molecule has 0 spiro atoms. The molecule has 5 rings (SSSR count). The first kappa shape index (κ1) is 15.8. The van der Waals surface area contributed by atoms with Crippen LogP contribution in [0.3, 0.4) is 0 Å². The van der Waals surface area contributed by atoms with Gasteiger partial charge >= 0.3 is 0 Å². The minimum atomic E-state index is -0.00465. The molecular weight excluding hydrogens is 330 g/mol. The van der Waals surface area contributed by atoms with Crippen LogP contribution < -0.4 is 14.2 Å². The van der Waals surface area contributed by atoms with E-state index in [1.807, 2.05) is 30.3 Å². The van der Waals surface area contributed by atoms with Crippen LogP contribution in [0.25, 0.3) is 0 Å². The summed E-state index contributed by atoms with van der Waals surface area (Å²) in [6.07, 6.45) is 2.42. The molecule has 0 amide bonds. The van der Waals surface area contributed by atoms with E-state index in [0.29, 0.717) is 5.75 Å². The molecule has 0 radical (unpaired) electrons. The molecule has 0 bridgehead atoms. The van der Waals surface area contributed by atoms with Gasteiger partial charge in [-0.25, -0.2) is 0 Å². The first-order chi connectivity index (χ1) is 12.7. The lowest BCUT2D eigenvalue weighted by Crippen LogP contribution is -2.46. The predicted molar refractivity (Wildman–Crippen MR) is 96.9 cm³/mol. The number of hydrogen-bond donors (Lipinski definition) is 1. The number of hydrogen-bond acceptors (Lipinski definition) is 5. The fraction of sp³-hybridized carbons (Fsp3) is 0.429. The second kappa shape index (κ2) is 6.09. The van der Waals surface area contributed by atoms with E-state index >= 15 is 0 Å². The third-order valence-electron chi connectivity index (χ3n) is 5.84. The van der Waals surface area contributed by atoms with E-state index in [0.717, 1.165) is 41.5 Å². The highest BCUT2D eigenvalue weighted by molar-refractivity contribution is 5.57. The van der Waals surface area contributed by atoms with Gasteiger partial charge in [0.05, 0.1) is 0 Å². The minimum absolute atomic E-state index is 0.00465. The molecule has 0 aliphatic carbocycles. The van der Waals surface area contributed by atoms with Crippen molar-refractivity contribution in [1.29, 1.82) is 0 Å². The molecule has 5 nitrogen and oxygen atoms in total. The number of nitrogens with zero attached hydrogens (tertiary/aromatic N) is 1. The monoisotopic (exact) mass is 353 g/mol. The Hall–Kier alpha value is -2.40. The number of rotatable bonds is 2. The zero-order chi connectivity index (χ0) is 17.7. The fourth-order valence-corrected chi connectivity index (χ4v) is 4.57. The highest BCUT2D eigenvalue weighted by Crippen LogP contribution is 2.51. The Kier molecular flexibility index (Phi) is 3.71. The molecule has 3 atom stereocenters. The Labute approximate surface area is 153 Å². The van der Waals surface area contributed by atoms with Crippen molar-refractivity contribution in [3.63, 3.8) is 0 Å². The third-order valence-corrected chi connectivity index (χ3v) is 5.84. The van der Waals surface area contributed by atoms with Gasteiger partial charge in [-0.2, -0.15) is 0 Å². The number of para-hydroxylation sites is 1. The van der Waals surface area contributed by atoms with Crippen molar-refractivity contribution in [2.45, 2.75) is 31.9 Å². The highest BCUT2D eigenvalue weighted by Gasteiger charge is 2.42. The Morgan fingerprint density at radius 3 is 2.46 bits per heavy atom. The number of phenolic OH excluding ortho intramolecular Hbond substituents is 1. The average molecular weight is 353 g/mol. The van der Waals surface area contributed by atoms with Crippen LogP contribution in [0.15, 0.2) is 36.4 Å². The third kappa shape index (κ3) is 2.42. The van der Waals surface area contributed by atoms with Gasteiger partial charge in [-0.05, 0) is 25.0 Å². The van der Waals surface area contributed by atoms with E-state index in [1.165, 1.54) is 12.8 Å². The van der Waals surface area contributed by atoms with E-state index in [4.69, 9.17) is 14.2 Å². The van der Waals surface area contributed by atoms with Crippen LogP contribution in [0.2, 0.25) is 0 Å². The largest absolute Gasteiger partial charge is 0.508 e. The second-order valence-corrected chi connectivity index (χ2v) is 7.39. The molecule has 3 heterocycles. The predicted octanol–water partition coefficient (Wildman–Crippen LogP) is 3.70. The zero-order valence-corrected chi connectivity index (χ0v) is 14.9. The lowest BCUT2D eigenvalue weighted by atomic mass is 9.77. The van der Waals surface area contributed by atoms with Crippen LogP contribution in [-0.2, 0) is 0 Å². The first-order valence-corrected chi connectivity index (χ1v) is 9.34. The van der Waals surface area contributed by atoms with E-state index in [-0.39, 0.29) is 24.9 Å². The van der Waals surface area contributed by atoms with Crippen LogP contribution >= 0.6 is 0 Å². The van der Waals surface area contributed by atoms with Crippen LogP contribution in [0.1, 0.15) is 36.8 Å². The molecule has 3 aliphatic heterocycles. The van der Waals surface area contributed by atoms with E-state index in [1.54, 1.807) is 6.07 Å².